The fourth-order valence-corrected chi connectivity index (χ4v) is 12.8. The van der Waals surface area contributed by atoms with Crippen molar-refractivity contribution in [2.24, 2.45) is 0 Å². The van der Waals surface area contributed by atoms with E-state index in [1.165, 1.54) is 0 Å². The summed E-state index contributed by atoms with van der Waals surface area (Å²) in [7, 11) is 0. The Kier molecular flexibility index (Phi) is 47.3. The van der Waals surface area contributed by atoms with Crippen LogP contribution < -0.4 is 0 Å². The van der Waals surface area contributed by atoms with Crippen LogP contribution in [0.5, 0.6) is 0 Å². The zero-order valence-electron chi connectivity index (χ0n) is 65.6. The van der Waals surface area contributed by atoms with Crippen LogP contribution >= 0.6 is 94.2 Å². The van der Waals surface area contributed by atoms with Crippen LogP contribution in [-0.2, 0) is 22.9 Å². The van der Waals surface area contributed by atoms with E-state index >= 15 is 0 Å². The molecule has 7 aromatic carbocycles. The zero-order valence-corrected chi connectivity index (χ0v) is 73.4. The van der Waals surface area contributed by atoms with Gasteiger partial charge in [-0.05, 0) is 186 Å². The monoisotopic (exact) mass is 1780 g/mol. The molecule has 1 aliphatic carbocycles. The molecular formula is C85H100Br3Cl4N5O13. The second-order valence-corrected chi connectivity index (χ2v) is 27.3. The molecule has 0 bridgehead atoms. The number of carbonyl (C=O) groups is 11. The maximum Gasteiger partial charge on any atom is 0.340 e. The third-order valence-electron chi connectivity index (χ3n) is 16.8. The van der Waals surface area contributed by atoms with Gasteiger partial charge in [-0.2, -0.15) is 5.26 Å². The minimum Gasteiger partial charge on any atom is -0.478 e. The van der Waals surface area contributed by atoms with Gasteiger partial charge in [-0.25, -0.2) is 9.59 Å². The third kappa shape index (κ3) is 28.5. The van der Waals surface area contributed by atoms with E-state index in [0.717, 1.165) is 88.2 Å². The average molecular weight is 1780 g/mol. The first-order valence-corrected chi connectivity index (χ1v) is 40.5. The summed E-state index contributed by atoms with van der Waals surface area (Å²) in [5.41, 5.74) is 11.6. The summed E-state index contributed by atoms with van der Waals surface area (Å²) in [4.78, 5) is 134. The average Bonchev–Trinajstić information content (AvgIpc) is 0.991. The predicted octanol–water partition coefficient (Wildman–Crippen LogP) is 21.9. The zero-order chi connectivity index (χ0) is 83.8. The topological polar surface area (TPSA) is 254 Å². The van der Waals surface area contributed by atoms with E-state index in [2.05, 4.69) is 47.8 Å². The molecule has 0 saturated heterocycles. The number of aldehydes is 3. The molecule has 0 spiro atoms. The first-order valence-electron chi connectivity index (χ1n) is 36.3. The molecule has 0 fully saturated rings. The fourth-order valence-electron chi connectivity index (χ4n) is 10.6. The number of carboxylic acids is 1. The van der Waals surface area contributed by atoms with Crippen molar-refractivity contribution >= 4 is 160 Å². The quantitative estimate of drug-likeness (QED) is 0.0260. The van der Waals surface area contributed by atoms with E-state index in [0.29, 0.717) is 99.1 Å². The van der Waals surface area contributed by atoms with Gasteiger partial charge in [-0.1, -0.05) is 181 Å². The number of hydrogen-bond donors (Lipinski definition) is 1. The molecule has 1 unspecified atom stereocenters. The second kappa shape index (κ2) is 52.1. The maximum absolute atomic E-state index is 12.2. The number of fused-ring (bicyclic) bond motifs is 2. The van der Waals surface area contributed by atoms with Gasteiger partial charge in [0.05, 0.1) is 64.6 Å². The highest BCUT2D eigenvalue weighted by molar-refractivity contribution is 9.11. The summed E-state index contributed by atoms with van der Waals surface area (Å²) in [6, 6.07) is 34.6. The number of Topliss-reactive ketones (excluding diaryl/α,β-unsaturated/α-hetero) is 2. The molecule has 110 heavy (non-hydrogen) atoms. The number of amides is 4. The summed E-state index contributed by atoms with van der Waals surface area (Å²) in [5.74, 6) is -1.89. The van der Waals surface area contributed by atoms with Crippen molar-refractivity contribution in [3.05, 3.63) is 238 Å². The largest absolute Gasteiger partial charge is 0.478 e. The van der Waals surface area contributed by atoms with Crippen molar-refractivity contribution in [3.63, 3.8) is 0 Å². The number of rotatable bonds is 19. The molecule has 0 saturated carbocycles. The molecule has 9 rings (SSSR count). The van der Waals surface area contributed by atoms with Crippen LogP contribution in [0.4, 0.5) is 0 Å². The number of esters is 1. The SMILES string of the molecule is CC.CC.CCN(CC)C(=O)c1cc(C)ccc1Br.CCN(CC)C(=O)c1cc(C)ccc1C=O.CCN(CC)C(=O)c1cc(CBr)ccc1C=O.CCc1ccc(C=O)c(C(=O)N(CC)CC)c1.CCc1ccc2c(c1)C(=O)OC2C#N.Cc1ccc(Br)c(C(=O)O)c1.O=C1CCC(=O)c2c(Cl)c(Cl)c(Cl)c(Cl)c21. The number of carbonyl (C=O) groups excluding carboxylic acids is 10. The molecule has 7 aromatic rings. The van der Waals surface area contributed by atoms with Gasteiger partial charge in [0, 0.05) is 102 Å². The maximum atomic E-state index is 12.2. The summed E-state index contributed by atoms with van der Waals surface area (Å²) in [6.07, 6.45) is 3.47. The highest BCUT2D eigenvalue weighted by atomic mass is 79.9. The van der Waals surface area contributed by atoms with Gasteiger partial charge in [0.2, 0.25) is 6.10 Å². The molecule has 2 aliphatic rings. The molecule has 1 aliphatic heterocycles. The van der Waals surface area contributed by atoms with Gasteiger partial charge in [0.15, 0.2) is 30.4 Å². The number of alkyl halides is 1. The van der Waals surface area contributed by atoms with Crippen molar-refractivity contribution in [1.82, 2.24) is 19.6 Å². The Morgan fingerprint density at radius 3 is 1.12 bits per heavy atom. The standard InChI is InChI=1S/C14H19NO2.C13H16BrNO2.C13H17NO2.C12H16BrNO.C11H9NO2.C10H4Cl4O2.C8H7BrO2.2C2H6/c1-4-11-7-8-12(10-16)13(9-11)14(17)15(5-2)6-3;1-3-15(4-2)13(17)12-7-10(8-14)5-6-11(12)9-16;1-4-14(5-2)13(16)12-8-10(3)6-7-11(12)9-15;1-4-14(5-2)12(15)10-8-9(3)6-7-11(10)13;1-2-7-3-4-8-9(5-7)11(13)14-10(8)6-12;11-7-5-3(15)1-2-4(16)6(5)8(12)10(14)9(7)13;1-5-2-3-7(9)6(4-5)8(10)11;2*1-2/h7-10H,4-6H2,1-3H3;5-7,9H,3-4,8H2,1-2H3;6-9H,4-5H2,1-3H3;6-8H,4-5H2,1-3H3;3-5,10H,2H2,1H3;1-2H2;2-4H,1H3,(H,10,11);2*1-2H3. The number of hydrogen-bond acceptors (Lipinski definition) is 13. The van der Waals surface area contributed by atoms with Crippen LogP contribution in [0.3, 0.4) is 0 Å². The van der Waals surface area contributed by atoms with Crippen LogP contribution in [-0.4, -0.2) is 143 Å². The lowest BCUT2D eigenvalue weighted by molar-refractivity contribution is 0.0476. The number of ketones is 2. The van der Waals surface area contributed by atoms with Gasteiger partial charge in [0.25, 0.3) is 23.6 Å². The number of aryl methyl sites for hydroxylation is 5. The molecule has 1 atom stereocenters. The van der Waals surface area contributed by atoms with Crippen LogP contribution in [0.2, 0.25) is 20.1 Å². The number of benzene rings is 7. The lowest BCUT2D eigenvalue weighted by atomic mass is 9.89. The Balaban J connectivity index is 0.000000638. The molecule has 1 heterocycles. The fraction of sp³-hybridized carbons (Fsp3) is 0.365. The molecule has 4 amide bonds. The summed E-state index contributed by atoms with van der Waals surface area (Å²) < 4.78 is 6.37. The highest BCUT2D eigenvalue weighted by Gasteiger charge is 2.33. The van der Waals surface area contributed by atoms with Crippen LogP contribution in [0.1, 0.15) is 269 Å². The van der Waals surface area contributed by atoms with Gasteiger partial charge in [0.1, 0.15) is 6.07 Å². The van der Waals surface area contributed by atoms with Crippen molar-refractivity contribution < 1.29 is 62.6 Å². The molecule has 592 valence electrons. The minimum absolute atomic E-state index is 0.00381. The normalized spacial score (nSPS) is 11.6. The summed E-state index contributed by atoms with van der Waals surface area (Å²) in [5, 5.41) is 18.1. The van der Waals surface area contributed by atoms with Gasteiger partial charge in [-0.15, -0.1) is 0 Å². The first-order chi connectivity index (χ1) is 52.4. The Bertz CT molecular complexity index is 4250. The van der Waals surface area contributed by atoms with E-state index in [9.17, 15) is 52.7 Å². The van der Waals surface area contributed by atoms with Gasteiger partial charge >= 0.3 is 11.9 Å². The van der Waals surface area contributed by atoms with Crippen molar-refractivity contribution in [2.75, 3.05) is 52.4 Å². The molecular weight excluding hydrogens is 1680 g/mol. The van der Waals surface area contributed by atoms with E-state index in [-0.39, 0.29) is 85.2 Å². The van der Waals surface area contributed by atoms with E-state index in [4.69, 9.17) is 61.5 Å². The predicted molar refractivity (Wildman–Crippen MR) is 453 cm³/mol. The molecule has 18 nitrogen and oxygen atoms in total. The Hall–Kier alpha value is -8.20. The number of nitrogens with zero attached hydrogens (tertiary/aromatic N) is 5. The van der Waals surface area contributed by atoms with Crippen LogP contribution in [0.15, 0.2) is 118 Å². The molecule has 0 radical (unpaired) electrons. The summed E-state index contributed by atoms with van der Waals surface area (Å²) >= 11 is 33.3. The van der Waals surface area contributed by atoms with Crippen molar-refractivity contribution in [3.8, 4) is 6.07 Å². The van der Waals surface area contributed by atoms with Gasteiger partial charge in [-0.3, -0.25) is 43.2 Å². The van der Waals surface area contributed by atoms with Gasteiger partial charge < -0.3 is 29.4 Å². The van der Waals surface area contributed by atoms with Crippen LogP contribution in [0.25, 0.3) is 0 Å². The van der Waals surface area contributed by atoms with E-state index in [1.807, 2.05) is 183 Å². The number of ether oxygens (including phenoxy) is 1. The second-order valence-electron chi connectivity index (χ2n) is 23.5. The van der Waals surface area contributed by atoms with Crippen LogP contribution in [0, 0.1) is 32.1 Å². The lowest BCUT2D eigenvalue weighted by Crippen LogP contribution is -2.31. The minimum atomic E-state index is -0.902. The molecule has 25 heteroatoms. The number of carboxylic acid groups (broad SMARTS) is 1. The lowest BCUT2D eigenvalue weighted by Gasteiger charge is -2.19. The summed E-state index contributed by atoms with van der Waals surface area (Å²) in [6.45, 7) is 38.8. The van der Waals surface area contributed by atoms with E-state index in [1.54, 1.807) is 69.3 Å². The molecule has 0 aromatic heterocycles. The van der Waals surface area contributed by atoms with E-state index < -0.39 is 12.1 Å². The highest BCUT2D eigenvalue weighted by Crippen LogP contribution is 2.44. The van der Waals surface area contributed by atoms with Crippen molar-refractivity contribution in [1.29, 1.82) is 5.26 Å². The first kappa shape index (κ1) is 99.8. The Labute approximate surface area is 693 Å². The smallest absolute Gasteiger partial charge is 0.340 e. The number of aromatic carboxylic acids is 1. The number of nitriles is 1. The number of halogens is 7. The number of cyclic esters (lactones) is 1. The van der Waals surface area contributed by atoms with Crippen molar-refractivity contribution in [2.45, 2.75) is 155 Å². The molecule has 1 N–H and O–H groups in total. The third-order valence-corrected chi connectivity index (χ3v) is 20.6. The Morgan fingerprint density at radius 2 is 0.773 bits per heavy atom. The Morgan fingerprint density at radius 1 is 0.464 bits per heavy atom.